The lowest BCUT2D eigenvalue weighted by molar-refractivity contribution is -0.128. The molecule has 0 saturated heterocycles. The number of carbonyl (C=O) groups is 1. The molecule has 2 N–H and O–H groups in total. The zero-order valence-corrected chi connectivity index (χ0v) is 15.2. The summed E-state index contributed by atoms with van der Waals surface area (Å²) in [6.45, 7) is 2.33. The molecule has 0 bridgehead atoms. The van der Waals surface area contributed by atoms with Crippen LogP contribution in [0.1, 0.15) is 26.2 Å². The third kappa shape index (κ3) is 4.28. The molecule has 1 atom stereocenters. The Labute approximate surface area is 147 Å². The molecule has 132 valence electrons. The number of benzene rings is 1. The van der Waals surface area contributed by atoms with Gasteiger partial charge in [0, 0.05) is 6.54 Å². The molecular formula is C16H21ClN2O4S. The van der Waals surface area contributed by atoms with Crippen molar-refractivity contribution in [3.05, 3.63) is 35.9 Å². The van der Waals surface area contributed by atoms with Gasteiger partial charge in [0.1, 0.15) is 5.75 Å². The highest BCUT2D eigenvalue weighted by Gasteiger charge is 2.36. The maximum absolute atomic E-state index is 12.5. The van der Waals surface area contributed by atoms with Crippen LogP contribution in [0.4, 0.5) is 0 Å². The molecule has 0 radical (unpaired) electrons. The zero-order chi connectivity index (χ0) is 17.8. The zero-order valence-electron chi connectivity index (χ0n) is 13.6. The molecule has 0 aromatic heterocycles. The number of carbonyl (C=O) groups excluding carboxylic acids is 1. The van der Waals surface area contributed by atoms with E-state index in [4.69, 9.17) is 16.5 Å². The maximum Gasteiger partial charge on any atom is 0.264 e. The van der Waals surface area contributed by atoms with Crippen LogP contribution in [0, 0.1) is 5.41 Å². The van der Waals surface area contributed by atoms with E-state index in [-0.39, 0.29) is 4.90 Å². The Bertz CT molecular complexity index is 731. The number of allylic oxidation sites excluding steroid dienone is 1. The Hall–Kier alpha value is -1.57. The lowest BCUT2D eigenvalue weighted by Gasteiger charge is -2.31. The van der Waals surface area contributed by atoms with Crippen molar-refractivity contribution in [2.75, 3.05) is 13.7 Å². The van der Waals surface area contributed by atoms with Crippen molar-refractivity contribution in [2.45, 2.75) is 31.1 Å². The van der Waals surface area contributed by atoms with Crippen molar-refractivity contribution in [3.8, 4) is 5.75 Å². The summed E-state index contributed by atoms with van der Waals surface area (Å²) in [6, 6.07) is 5.88. The van der Waals surface area contributed by atoms with Gasteiger partial charge in [-0.3, -0.25) is 4.79 Å². The third-order valence-corrected chi connectivity index (χ3v) is 5.76. The van der Waals surface area contributed by atoms with Crippen LogP contribution >= 0.6 is 11.8 Å². The topological polar surface area (TPSA) is 84.5 Å². The number of sulfonamides is 1. The van der Waals surface area contributed by atoms with Gasteiger partial charge in [-0.1, -0.05) is 18.6 Å². The number of nitrogens with one attached hydrogen (secondary N) is 2. The molecule has 6 nitrogen and oxygen atoms in total. The first kappa shape index (κ1) is 18.8. The highest BCUT2D eigenvalue weighted by atomic mass is 35.5. The molecule has 1 aliphatic rings. The highest BCUT2D eigenvalue weighted by molar-refractivity contribution is 7.90. The Kier molecular flexibility index (Phi) is 5.90. The van der Waals surface area contributed by atoms with Crippen LogP contribution in [0.2, 0.25) is 0 Å². The average Bonchev–Trinajstić information content (AvgIpc) is 2.57. The highest BCUT2D eigenvalue weighted by Crippen LogP contribution is 2.35. The molecule has 0 heterocycles. The van der Waals surface area contributed by atoms with Crippen LogP contribution in [0.15, 0.2) is 40.8 Å². The number of methoxy groups -OCH3 is 1. The fraction of sp³-hybridized carbons (Fsp3) is 0.438. The molecule has 1 amide bonds. The molecule has 1 aromatic carbocycles. The predicted octanol–water partition coefficient (Wildman–Crippen LogP) is 2.36. The van der Waals surface area contributed by atoms with E-state index in [0.29, 0.717) is 31.6 Å². The van der Waals surface area contributed by atoms with Crippen molar-refractivity contribution < 1.29 is 17.9 Å². The van der Waals surface area contributed by atoms with Crippen LogP contribution in [0.5, 0.6) is 5.75 Å². The molecule has 1 unspecified atom stereocenters. The second-order valence-electron chi connectivity index (χ2n) is 6.05. The minimum absolute atomic E-state index is 0.0265. The molecule has 8 heteroatoms. The molecular weight excluding hydrogens is 352 g/mol. The van der Waals surface area contributed by atoms with Crippen molar-refractivity contribution in [2.24, 2.45) is 5.41 Å². The molecule has 0 aliphatic heterocycles. The minimum Gasteiger partial charge on any atom is -0.497 e. The number of hydrogen-bond acceptors (Lipinski definition) is 5. The van der Waals surface area contributed by atoms with Crippen molar-refractivity contribution in [1.82, 2.24) is 9.56 Å². The van der Waals surface area contributed by atoms with E-state index in [9.17, 15) is 13.2 Å². The fourth-order valence-corrected chi connectivity index (χ4v) is 3.80. The van der Waals surface area contributed by atoms with Crippen molar-refractivity contribution in [1.29, 1.82) is 0 Å². The summed E-state index contributed by atoms with van der Waals surface area (Å²) < 4.78 is 31.9. The quantitative estimate of drug-likeness (QED) is 0.591. The summed E-state index contributed by atoms with van der Waals surface area (Å²) in [7, 11) is -2.41. The Morgan fingerprint density at radius 2 is 2.00 bits per heavy atom. The lowest BCUT2D eigenvalue weighted by Crippen LogP contribution is -2.43. The van der Waals surface area contributed by atoms with Crippen LogP contribution in [0.3, 0.4) is 0 Å². The van der Waals surface area contributed by atoms with Gasteiger partial charge in [-0.15, -0.1) is 0 Å². The van der Waals surface area contributed by atoms with Gasteiger partial charge in [0.25, 0.3) is 10.0 Å². The molecule has 2 rings (SSSR count). The SMILES string of the molecule is COc1ccc(S(=O)(=O)NC(=O)C2(C)CC=C(CNCl)CC2)cc1. The smallest absolute Gasteiger partial charge is 0.264 e. The number of ether oxygens (including phenoxy) is 1. The van der Waals surface area contributed by atoms with E-state index in [2.05, 4.69) is 9.56 Å². The van der Waals surface area contributed by atoms with Gasteiger partial charge in [0.05, 0.1) is 17.4 Å². The first-order valence-electron chi connectivity index (χ1n) is 7.53. The van der Waals surface area contributed by atoms with Gasteiger partial charge >= 0.3 is 0 Å². The van der Waals surface area contributed by atoms with Crippen molar-refractivity contribution >= 4 is 27.7 Å². The third-order valence-electron chi connectivity index (χ3n) is 4.28. The van der Waals surface area contributed by atoms with Gasteiger partial charge in [-0.25, -0.2) is 18.0 Å². The second kappa shape index (κ2) is 7.55. The summed E-state index contributed by atoms with van der Waals surface area (Å²) in [5.41, 5.74) is 0.364. The summed E-state index contributed by atoms with van der Waals surface area (Å²) >= 11 is 5.49. The van der Waals surface area contributed by atoms with E-state index >= 15 is 0 Å². The summed E-state index contributed by atoms with van der Waals surface area (Å²) in [6.07, 6.45) is 3.69. The van der Waals surface area contributed by atoms with Gasteiger partial charge in [0.15, 0.2) is 0 Å². The monoisotopic (exact) mass is 372 g/mol. The Morgan fingerprint density at radius 1 is 1.33 bits per heavy atom. The number of rotatable bonds is 6. The van der Waals surface area contributed by atoms with Gasteiger partial charge < -0.3 is 4.74 Å². The molecule has 1 aromatic rings. The first-order valence-corrected chi connectivity index (χ1v) is 9.39. The first-order chi connectivity index (χ1) is 11.3. The fourth-order valence-electron chi connectivity index (χ4n) is 2.52. The van der Waals surface area contributed by atoms with E-state index in [1.54, 1.807) is 6.92 Å². The van der Waals surface area contributed by atoms with E-state index in [1.807, 2.05) is 6.08 Å². The normalized spacial score (nSPS) is 21.0. The minimum atomic E-state index is -3.90. The number of halogens is 1. The summed E-state index contributed by atoms with van der Waals surface area (Å²) in [5.74, 6) is 0.0533. The number of hydrogen-bond donors (Lipinski definition) is 2. The average molecular weight is 373 g/mol. The van der Waals surface area contributed by atoms with Gasteiger partial charge in [0.2, 0.25) is 5.91 Å². The van der Waals surface area contributed by atoms with Gasteiger partial charge in [-0.05, 0) is 55.3 Å². The molecule has 1 aliphatic carbocycles. The number of amides is 1. The Morgan fingerprint density at radius 3 is 2.50 bits per heavy atom. The maximum atomic E-state index is 12.5. The summed E-state index contributed by atoms with van der Waals surface area (Å²) in [5, 5.41) is 0. The molecule has 0 fully saturated rings. The predicted molar refractivity (Wildman–Crippen MR) is 92.2 cm³/mol. The van der Waals surface area contributed by atoms with Crippen LogP contribution < -0.4 is 14.3 Å². The van der Waals surface area contributed by atoms with Crippen LogP contribution in [0.25, 0.3) is 0 Å². The molecule has 0 spiro atoms. The van der Waals surface area contributed by atoms with Crippen LogP contribution in [-0.4, -0.2) is 28.0 Å². The summed E-state index contributed by atoms with van der Waals surface area (Å²) in [4.78, 5) is 15.1. The van der Waals surface area contributed by atoms with E-state index in [0.717, 1.165) is 5.57 Å². The van der Waals surface area contributed by atoms with Crippen molar-refractivity contribution in [3.63, 3.8) is 0 Å². The largest absolute Gasteiger partial charge is 0.497 e. The van der Waals surface area contributed by atoms with E-state index < -0.39 is 21.3 Å². The Balaban J connectivity index is 2.10. The standard InChI is InChI=1S/C16H21ClN2O4S/c1-16(9-7-12(8-10-16)11-18-17)15(20)19-24(21,22)14-5-3-13(23-2)4-6-14/h3-7,18H,8-11H2,1-2H3,(H,19,20). The van der Waals surface area contributed by atoms with Gasteiger partial charge in [-0.2, -0.15) is 0 Å². The molecule has 0 saturated carbocycles. The lowest BCUT2D eigenvalue weighted by atomic mass is 9.76. The van der Waals surface area contributed by atoms with E-state index in [1.165, 1.54) is 31.4 Å². The van der Waals surface area contributed by atoms with Crippen LogP contribution in [-0.2, 0) is 14.8 Å². The second-order valence-corrected chi connectivity index (χ2v) is 8.00. The molecule has 24 heavy (non-hydrogen) atoms.